The van der Waals surface area contributed by atoms with Gasteiger partial charge in [0.2, 0.25) is 5.91 Å². The van der Waals surface area contributed by atoms with E-state index in [0.717, 1.165) is 6.54 Å². The number of carbonyl (C=O) groups is 1. The molecule has 0 bridgehead atoms. The number of nitrogens with one attached hydrogen (secondary N) is 2. The van der Waals surface area contributed by atoms with Gasteiger partial charge in [-0.1, -0.05) is 13.8 Å². The minimum Gasteiger partial charge on any atom is -0.370 e. The third-order valence-corrected chi connectivity index (χ3v) is 1.53. The van der Waals surface area contributed by atoms with Crippen LogP contribution in [0.1, 0.15) is 27.7 Å². The molecule has 0 radical (unpaired) electrons. The molecule has 0 saturated carbocycles. The minimum absolute atomic E-state index is 0.0785. The van der Waals surface area contributed by atoms with Crippen LogP contribution in [0.25, 0.3) is 0 Å². The van der Waals surface area contributed by atoms with Crippen LogP contribution in [-0.2, 0) is 4.79 Å². The van der Waals surface area contributed by atoms with Gasteiger partial charge in [0, 0.05) is 12.6 Å². The average Bonchev–Trinajstić information content (AvgIpc) is 2.10. The van der Waals surface area contributed by atoms with Crippen molar-refractivity contribution < 1.29 is 4.79 Å². The molecule has 5 heteroatoms. The zero-order valence-corrected chi connectivity index (χ0v) is 10.0. The van der Waals surface area contributed by atoms with Gasteiger partial charge in [0.25, 0.3) is 0 Å². The first kappa shape index (κ1) is 13.7. The molecule has 0 atom stereocenters. The highest BCUT2D eigenvalue weighted by molar-refractivity contribution is 5.84. The largest absolute Gasteiger partial charge is 0.370 e. The number of carbonyl (C=O) groups excluding carboxylic acids is 1. The highest BCUT2D eigenvalue weighted by Gasteiger charge is 2.02. The Morgan fingerprint density at radius 2 is 1.93 bits per heavy atom. The average molecular weight is 214 g/mol. The minimum atomic E-state index is -0.112. The number of aliphatic imine (C=N–C) groups is 1. The number of nitrogens with two attached hydrogens (primary N) is 1. The van der Waals surface area contributed by atoms with Crippen LogP contribution in [0, 0.1) is 5.92 Å². The van der Waals surface area contributed by atoms with Gasteiger partial charge < -0.3 is 16.4 Å². The number of rotatable bonds is 5. The molecule has 0 unspecified atom stereocenters. The summed E-state index contributed by atoms with van der Waals surface area (Å²) in [6.07, 6.45) is 0. The molecule has 15 heavy (non-hydrogen) atoms. The Labute approximate surface area is 91.5 Å². The zero-order valence-electron chi connectivity index (χ0n) is 10.0. The van der Waals surface area contributed by atoms with Crippen LogP contribution in [0.4, 0.5) is 0 Å². The van der Waals surface area contributed by atoms with Crippen LogP contribution in [0.5, 0.6) is 0 Å². The van der Waals surface area contributed by atoms with Crippen LogP contribution in [0.15, 0.2) is 4.99 Å². The van der Waals surface area contributed by atoms with Gasteiger partial charge in [-0.15, -0.1) is 0 Å². The lowest BCUT2D eigenvalue weighted by atomic mass is 10.2. The molecule has 0 fully saturated rings. The monoisotopic (exact) mass is 214 g/mol. The fourth-order valence-electron chi connectivity index (χ4n) is 0.889. The highest BCUT2D eigenvalue weighted by atomic mass is 16.1. The predicted molar refractivity (Wildman–Crippen MR) is 62.6 cm³/mol. The Hall–Kier alpha value is -1.26. The second-order valence-corrected chi connectivity index (χ2v) is 4.20. The molecule has 0 aromatic heterocycles. The number of hydrogen-bond donors (Lipinski definition) is 3. The Balaban J connectivity index is 3.79. The molecule has 0 aliphatic rings. The summed E-state index contributed by atoms with van der Waals surface area (Å²) >= 11 is 0. The van der Waals surface area contributed by atoms with Crippen molar-refractivity contribution >= 4 is 11.9 Å². The Morgan fingerprint density at radius 3 is 2.40 bits per heavy atom. The number of nitrogens with zero attached hydrogens (tertiary/aromatic N) is 1. The summed E-state index contributed by atoms with van der Waals surface area (Å²) in [4.78, 5) is 15.1. The van der Waals surface area contributed by atoms with Crippen molar-refractivity contribution in [1.29, 1.82) is 0 Å². The van der Waals surface area contributed by atoms with Crippen LogP contribution in [0.3, 0.4) is 0 Å². The quantitative estimate of drug-likeness (QED) is 0.447. The molecule has 1 amide bonds. The van der Waals surface area contributed by atoms with Gasteiger partial charge in [-0.25, -0.2) is 4.99 Å². The molecule has 0 heterocycles. The van der Waals surface area contributed by atoms with Crippen molar-refractivity contribution in [3.8, 4) is 0 Å². The molecule has 0 aliphatic heterocycles. The second kappa shape index (κ2) is 7.09. The Bertz CT molecular complexity index is 223. The van der Waals surface area contributed by atoms with Crippen LogP contribution in [-0.4, -0.2) is 31.0 Å². The standard InChI is InChI=1S/C10H22N4O/c1-7(2)5-12-10(11)13-6-9(15)14-8(3)4/h7-8H,5-6H2,1-4H3,(H,14,15)(H3,11,12,13). The molecule has 0 rings (SSSR count). The fraction of sp³-hybridized carbons (Fsp3) is 0.800. The molecule has 5 nitrogen and oxygen atoms in total. The van der Waals surface area contributed by atoms with Crippen molar-refractivity contribution in [2.75, 3.05) is 13.1 Å². The van der Waals surface area contributed by atoms with Crippen molar-refractivity contribution in [3.05, 3.63) is 0 Å². The van der Waals surface area contributed by atoms with Crippen LogP contribution >= 0.6 is 0 Å². The SMILES string of the molecule is CC(C)CNC(N)=NCC(=O)NC(C)C. The third kappa shape index (κ3) is 9.05. The Kier molecular flexibility index (Phi) is 6.49. The number of hydrogen-bond acceptors (Lipinski definition) is 2. The normalized spacial score (nSPS) is 12.0. The third-order valence-electron chi connectivity index (χ3n) is 1.53. The van der Waals surface area contributed by atoms with Crippen LogP contribution in [0.2, 0.25) is 0 Å². The Morgan fingerprint density at radius 1 is 1.33 bits per heavy atom. The van der Waals surface area contributed by atoms with E-state index in [1.165, 1.54) is 0 Å². The molecular weight excluding hydrogens is 192 g/mol. The topological polar surface area (TPSA) is 79.5 Å². The van der Waals surface area contributed by atoms with Gasteiger partial charge in [0.05, 0.1) is 0 Å². The van der Waals surface area contributed by atoms with E-state index in [-0.39, 0.29) is 18.5 Å². The zero-order chi connectivity index (χ0) is 11.8. The molecule has 0 saturated heterocycles. The van der Waals surface area contributed by atoms with Gasteiger partial charge >= 0.3 is 0 Å². The fourth-order valence-corrected chi connectivity index (χ4v) is 0.889. The smallest absolute Gasteiger partial charge is 0.242 e. The first-order valence-corrected chi connectivity index (χ1v) is 5.25. The van der Waals surface area contributed by atoms with Crippen molar-refractivity contribution in [2.45, 2.75) is 33.7 Å². The van der Waals surface area contributed by atoms with E-state index in [1.54, 1.807) is 0 Å². The number of amides is 1. The van der Waals surface area contributed by atoms with Crippen molar-refractivity contribution in [3.63, 3.8) is 0 Å². The lowest BCUT2D eigenvalue weighted by Gasteiger charge is -2.09. The number of guanidine groups is 1. The lowest BCUT2D eigenvalue weighted by molar-refractivity contribution is -0.120. The van der Waals surface area contributed by atoms with E-state index < -0.39 is 0 Å². The summed E-state index contributed by atoms with van der Waals surface area (Å²) in [5, 5.41) is 5.67. The summed E-state index contributed by atoms with van der Waals surface area (Å²) in [7, 11) is 0. The van der Waals surface area contributed by atoms with E-state index in [9.17, 15) is 4.79 Å². The molecule has 0 aromatic rings. The van der Waals surface area contributed by atoms with E-state index in [1.807, 2.05) is 13.8 Å². The lowest BCUT2D eigenvalue weighted by Crippen LogP contribution is -2.37. The van der Waals surface area contributed by atoms with Gasteiger partial charge in [-0.2, -0.15) is 0 Å². The maximum Gasteiger partial charge on any atom is 0.242 e. The summed E-state index contributed by atoms with van der Waals surface area (Å²) in [5.74, 6) is 0.713. The summed E-state index contributed by atoms with van der Waals surface area (Å²) in [5.41, 5.74) is 5.56. The van der Waals surface area contributed by atoms with E-state index >= 15 is 0 Å². The first-order valence-electron chi connectivity index (χ1n) is 5.25. The summed E-state index contributed by atoms with van der Waals surface area (Å²) < 4.78 is 0. The van der Waals surface area contributed by atoms with Crippen molar-refractivity contribution in [2.24, 2.45) is 16.6 Å². The molecule has 4 N–H and O–H groups in total. The van der Waals surface area contributed by atoms with Gasteiger partial charge in [-0.3, -0.25) is 4.79 Å². The van der Waals surface area contributed by atoms with Gasteiger partial charge in [-0.05, 0) is 19.8 Å². The molecule has 0 spiro atoms. The molecule has 0 aromatic carbocycles. The van der Waals surface area contributed by atoms with Gasteiger partial charge in [0.1, 0.15) is 6.54 Å². The summed E-state index contributed by atoms with van der Waals surface area (Å²) in [6, 6.07) is 0.137. The van der Waals surface area contributed by atoms with Crippen molar-refractivity contribution in [1.82, 2.24) is 10.6 Å². The second-order valence-electron chi connectivity index (χ2n) is 4.20. The van der Waals surface area contributed by atoms with Crippen LogP contribution < -0.4 is 16.4 Å². The van der Waals surface area contributed by atoms with E-state index in [4.69, 9.17) is 5.73 Å². The maximum absolute atomic E-state index is 11.2. The van der Waals surface area contributed by atoms with E-state index in [2.05, 4.69) is 29.5 Å². The van der Waals surface area contributed by atoms with E-state index in [0.29, 0.717) is 11.9 Å². The predicted octanol–water partition coefficient (Wildman–Crippen LogP) is 0.0713. The summed E-state index contributed by atoms with van der Waals surface area (Å²) in [6.45, 7) is 8.80. The van der Waals surface area contributed by atoms with Gasteiger partial charge in [0.15, 0.2) is 5.96 Å². The molecule has 0 aliphatic carbocycles. The maximum atomic E-state index is 11.2. The molecular formula is C10H22N4O. The highest BCUT2D eigenvalue weighted by Crippen LogP contribution is 1.86. The molecule has 88 valence electrons. The first-order chi connectivity index (χ1) is 6.91.